The SMILES string of the molecule is CCOCCOCc1cccc(CNC(=NC)NCc2ccccc2F)c1.I. The molecule has 7 heteroatoms. The predicted octanol–water partition coefficient (Wildman–Crippen LogP) is 3.86. The Bertz CT molecular complexity index is 728. The van der Waals surface area contributed by atoms with Crippen LogP contribution in [0.5, 0.6) is 0 Å². The molecule has 0 amide bonds. The summed E-state index contributed by atoms with van der Waals surface area (Å²) in [5.41, 5.74) is 2.83. The summed E-state index contributed by atoms with van der Waals surface area (Å²) < 4.78 is 24.6. The Kier molecular flexibility index (Phi) is 12.4. The van der Waals surface area contributed by atoms with Gasteiger partial charge in [0.2, 0.25) is 0 Å². The number of rotatable bonds is 10. The molecule has 5 nitrogen and oxygen atoms in total. The van der Waals surface area contributed by atoms with Gasteiger partial charge >= 0.3 is 0 Å². The highest BCUT2D eigenvalue weighted by Crippen LogP contribution is 2.07. The molecule has 0 bridgehead atoms. The van der Waals surface area contributed by atoms with Crippen molar-refractivity contribution in [3.8, 4) is 0 Å². The average Bonchev–Trinajstić information content (AvgIpc) is 2.69. The zero-order valence-electron chi connectivity index (χ0n) is 16.4. The minimum atomic E-state index is -0.225. The zero-order valence-corrected chi connectivity index (χ0v) is 18.7. The van der Waals surface area contributed by atoms with Crippen molar-refractivity contribution in [1.82, 2.24) is 10.6 Å². The summed E-state index contributed by atoms with van der Waals surface area (Å²) in [4.78, 5) is 4.18. The van der Waals surface area contributed by atoms with E-state index in [9.17, 15) is 4.39 Å². The molecule has 0 atom stereocenters. The van der Waals surface area contributed by atoms with Gasteiger partial charge in [0, 0.05) is 32.3 Å². The van der Waals surface area contributed by atoms with E-state index in [0.29, 0.717) is 51.0 Å². The number of hydrogen-bond acceptors (Lipinski definition) is 3. The maximum atomic E-state index is 13.7. The molecule has 0 saturated carbocycles. The highest BCUT2D eigenvalue weighted by atomic mass is 127. The summed E-state index contributed by atoms with van der Waals surface area (Å²) in [5, 5.41) is 6.37. The van der Waals surface area contributed by atoms with E-state index in [0.717, 1.165) is 11.1 Å². The predicted molar refractivity (Wildman–Crippen MR) is 121 cm³/mol. The highest BCUT2D eigenvalue weighted by Gasteiger charge is 2.03. The van der Waals surface area contributed by atoms with Crippen molar-refractivity contribution >= 4 is 29.9 Å². The molecule has 0 aromatic heterocycles. The van der Waals surface area contributed by atoms with E-state index in [1.54, 1.807) is 19.2 Å². The molecule has 2 aromatic rings. The van der Waals surface area contributed by atoms with Gasteiger partial charge in [-0.05, 0) is 24.1 Å². The summed E-state index contributed by atoms with van der Waals surface area (Å²) in [6.45, 7) is 5.42. The van der Waals surface area contributed by atoms with Crippen molar-refractivity contribution in [2.45, 2.75) is 26.6 Å². The van der Waals surface area contributed by atoms with E-state index in [1.165, 1.54) is 6.07 Å². The molecule has 0 unspecified atom stereocenters. The smallest absolute Gasteiger partial charge is 0.191 e. The second kappa shape index (κ2) is 14.3. The van der Waals surface area contributed by atoms with Crippen LogP contribution in [0.2, 0.25) is 0 Å². The van der Waals surface area contributed by atoms with E-state index >= 15 is 0 Å². The highest BCUT2D eigenvalue weighted by molar-refractivity contribution is 14.0. The van der Waals surface area contributed by atoms with Crippen LogP contribution in [0.15, 0.2) is 53.5 Å². The zero-order chi connectivity index (χ0) is 19.3. The Labute approximate surface area is 183 Å². The molecule has 0 aliphatic carbocycles. The van der Waals surface area contributed by atoms with Crippen LogP contribution < -0.4 is 10.6 Å². The molecule has 0 heterocycles. The fourth-order valence-corrected chi connectivity index (χ4v) is 2.51. The Morgan fingerprint density at radius 2 is 1.68 bits per heavy atom. The lowest BCUT2D eigenvalue weighted by atomic mass is 10.1. The maximum absolute atomic E-state index is 13.7. The molecule has 2 aromatic carbocycles. The second-order valence-electron chi connectivity index (χ2n) is 5.94. The van der Waals surface area contributed by atoms with Crippen molar-refractivity contribution in [2.24, 2.45) is 4.99 Å². The molecule has 2 N–H and O–H groups in total. The third-order valence-electron chi connectivity index (χ3n) is 3.92. The lowest BCUT2D eigenvalue weighted by Crippen LogP contribution is -2.36. The van der Waals surface area contributed by atoms with Crippen LogP contribution in [0.4, 0.5) is 4.39 Å². The van der Waals surface area contributed by atoms with Gasteiger partial charge in [0.05, 0.1) is 19.8 Å². The second-order valence-corrected chi connectivity index (χ2v) is 5.94. The van der Waals surface area contributed by atoms with Gasteiger partial charge in [0.15, 0.2) is 5.96 Å². The third kappa shape index (κ3) is 8.99. The largest absolute Gasteiger partial charge is 0.379 e. The van der Waals surface area contributed by atoms with E-state index in [4.69, 9.17) is 9.47 Å². The molecule has 154 valence electrons. The van der Waals surface area contributed by atoms with Crippen LogP contribution in [-0.2, 0) is 29.2 Å². The van der Waals surface area contributed by atoms with Crippen molar-refractivity contribution in [3.05, 3.63) is 71.0 Å². The molecule has 28 heavy (non-hydrogen) atoms. The normalized spacial score (nSPS) is 11.0. The Morgan fingerprint density at radius 1 is 0.964 bits per heavy atom. The summed E-state index contributed by atoms with van der Waals surface area (Å²) in [6.07, 6.45) is 0. The van der Waals surface area contributed by atoms with E-state index in [-0.39, 0.29) is 29.8 Å². The minimum absolute atomic E-state index is 0. The molecule has 0 fully saturated rings. The van der Waals surface area contributed by atoms with Crippen molar-refractivity contribution in [3.63, 3.8) is 0 Å². The number of halogens is 2. The van der Waals surface area contributed by atoms with Gasteiger partial charge in [0.25, 0.3) is 0 Å². The van der Waals surface area contributed by atoms with Gasteiger partial charge in [-0.2, -0.15) is 0 Å². The van der Waals surface area contributed by atoms with Gasteiger partial charge in [-0.3, -0.25) is 4.99 Å². The van der Waals surface area contributed by atoms with Crippen LogP contribution in [0, 0.1) is 5.82 Å². The fourth-order valence-electron chi connectivity index (χ4n) is 2.51. The van der Waals surface area contributed by atoms with Gasteiger partial charge in [-0.25, -0.2) is 4.39 Å². The standard InChI is InChI=1S/C21H28FN3O2.HI/c1-3-26-11-12-27-16-18-8-6-7-17(13-18)14-24-21(23-2)25-15-19-9-4-5-10-20(19)22;/h4-10,13H,3,11-12,14-16H2,1-2H3,(H2,23,24,25);1H. The number of aliphatic imine (C=N–C) groups is 1. The van der Waals surface area contributed by atoms with Crippen LogP contribution >= 0.6 is 24.0 Å². The Hall–Kier alpha value is -1.71. The first-order valence-electron chi connectivity index (χ1n) is 9.14. The lowest BCUT2D eigenvalue weighted by molar-refractivity contribution is 0.0453. The van der Waals surface area contributed by atoms with Crippen LogP contribution in [0.1, 0.15) is 23.6 Å². The summed E-state index contributed by atoms with van der Waals surface area (Å²) in [7, 11) is 1.69. The van der Waals surface area contributed by atoms with E-state index in [2.05, 4.69) is 21.7 Å². The van der Waals surface area contributed by atoms with E-state index < -0.39 is 0 Å². The molecule has 0 spiro atoms. The first kappa shape index (κ1) is 24.3. The lowest BCUT2D eigenvalue weighted by Gasteiger charge is -2.13. The molecule has 2 rings (SSSR count). The maximum Gasteiger partial charge on any atom is 0.191 e. The average molecular weight is 501 g/mol. The summed E-state index contributed by atoms with van der Waals surface area (Å²) in [6, 6.07) is 14.9. The van der Waals surface area contributed by atoms with Crippen LogP contribution in [0.3, 0.4) is 0 Å². The van der Waals surface area contributed by atoms with Crippen molar-refractivity contribution < 1.29 is 13.9 Å². The number of hydrogen-bond donors (Lipinski definition) is 2. The van der Waals surface area contributed by atoms with Gasteiger partial charge < -0.3 is 20.1 Å². The number of guanidine groups is 1. The number of nitrogens with one attached hydrogen (secondary N) is 2. The van der Waals surface area contributed by atoms with Gasteiger partial charge in [-0.15, -0.1) is 24.0 Å². The molecule has 0 radical (unpaired) electrons. The number of ether oxygens (including phenoxy) is 2. The minimum Gasteiger partial charge on any atom is -0.379 e. The third-order valence-corrected chi connectivity index (χ3v) is 3.92. The first-order valence-corrected chi connectivity index (χ1v) is 9.14. The first-order chi connectivity index (χ1) is 13.2. The molecular formula is C21H29FIN3O2. The molecular weight excluding hydrogens is 472 g/mol. The Balaban J connectivity index is 0.00000392. The number of benzene rings is 2. The molecule has 0 saturated heterocycles. The topological polar surface area (TPSA) is 54.9 Å². The number of nitrogens with zero attached hydrogens (tertiary/aromatic N) is 1. The quantitative estimate of drug-likeness (QED) is 0.225. The molecule has 0 aliphatic rings. The van der Waals surface area contributed by atoms with Crippen molar-refractivity contribution in [1.29, 1.82) is 0 Å². The summed E-state index contributed by atoms with van der Waals surface area (Å²) in [5.74, 6) is 0.397. The fraction of sp³-hybridized carbons (Fsp3) is 0.381. The van der Waals surface area contributed by atoms with Crippen molar-refractivity contribution in [2.75, 3.05) is 26.9 Å². The van der Waals surface area contributed by atoms with Gasteiger partial charge in [-0.1, -0.05) is 42.5 Å². The van der Waals surface area contributed by atoms with Crippen LogP contribution in [-0.4, -0.2) is 32.8 Å². The van der Waals surface area contributed by atoms with Crippen LogP contribution in [0.25, 0.3) is 0 Å². The van der Waals surface area contributed by atoms with Gasteiger partial charge in [0.1, 0.15) is 5.82 Å². The van der Waals surface area contributed by atoms with E-state index in [1.807, 2.05) is 31.2 Å². The monoisotopic (exact) mass is 501 g/mol. The summed E-state index contributed by atoms with van der Waals surface area (Å²) >= 11 is 0. The molecule has 0 aliphatic heterocycles. The Morgan fingerprint density at radius 3 is 2.43 bits per heavy atom.